The highest BCUT2D eigenvalue weighted by atomic mass is 19.1. The molecule has 3 aromatic carbocycles. The smallest absolute Gasteiger partial charge is 0.224 e. The van der Waals surface area contributed by atoms with Crippen molar-refractivity contribution in [3.63, 3.8) is 0 Å². The van der Waals surface area contributed by atoms with Gasteiger partial charge in [-0.1, -0.05) is 42.5 Å². The monoisotopic (exact) mass is 351 g/mol. The minimum absolute atomic E-state index is 0.0685. The lowest BCUT2D eigenvalue weighted by Gasteiger charge is -2.10. The van der Waals surface area contributed by atoms with Gasteiger partial charge in [0.15, 0.2) is 11.6 Å². The van der Waals surface area contributed by atoms with Crippen molar-refractivity contribution in [2.45, 2.75) is 12.8 Å². The van der Waals surface area contributed by atoms with E-state index >= 15 is 0 Å². The minimum atomic E-state index is -0.732. The van der Waals surface area contributed by atoms with E-state index in [2.05, 4.69) is 5.32 Å². The van der Waals surface area contributed by atoms with Crippen LogP contribution >= 0.6 is 0 Å². The average molecular weight is 351 g/mol. The molecule has 0 aliphatic carbocycles. The molecule has 132 valence electrons. The molecule has 0 aromatic heterocycles. The quantitative estimate of drug-likeness (QED) is 0.594. The first-order valence-corrected chi connectivity index (χ1v) is 8.18. The fraction of sp³-hybridized carbons (Fsp3) is 0.0952. The van der Waals surface area contributed by atoms with Gasteiger partial charge in [0.05, 0.1) is 5.69 Å². The normalized spacial score (nSPS) is 10.5. The van der Waals surface area contributed by atoms with E-state index < -0.39 is 11.6 Å². The summed E-state index contributed by atoms with van der Waals surface area (Å²) >= 11 is 0. The van der Waals surface area contributed by atoms with Crippen molar-refractivity contribution in [3.8, 4) is 22.6 Å². The Morgan fingerprint density at radius 2 is 1.54 bits per heavy atom. The minimum Gasteiger partial charge on any atom is -0.506 e. The summed E-state index contributed by atoms with van der Waals surface area (Å²) in [4.78, 5) is 12.2. The molecule has 4 nitrogen and oxygen atoms in total. The topological polar surface area (TPSA) is 69.6 Å². The van der Waals surface area contributed by atoms with Gasteiger partial charge in [-0.2, -0.15) is 0 Å². The molecule has 0 aliphatic rings. The Labute approximate surface area is 150 Å². The summed E-state index contributed by atoms with van der Waals surface area (Å²) in [6, 6.07) is 18.3. The lowest BCUT2D eigenvalue weighted by molar-refractivity contribution is -0.116. The lowest BCUT2D eigenvalue weighted by atomic mass is 10.0. The SMILES string of the molecule is O=C(CCc1ccccc1)Nc1cc(-c2ccc(O)c(F)c2)ccc1O. The van der Waals surface area contributed by atoms with Gasteiger partial charge in [-0.15, -0.1) is 0 Å². The highest BCUT2D eigenvalue weighted by Gasteiger charge is 2.10. The Morgan fingerprint density at radius 3 is 2.23 bits per heavy atom. The number of benzene rings is 3. The number of phenolic OH excluding ortho intramolecular Hbond substituents is 2. The molecule has 0 unspecified atom stereocenters. The summed E-state index contributed by atoms with van der Waals surface area (Å²) in [5.41, 5.74) is 2.45. The van der Waals surface area contributed by atoms with Gasteiger partial charge in [-0.25, -0.2) is 4.39 Å². The van der Waals surface area contributed by atoms with Crippen molar-refractivity contribution in [1.29, 1.82) is 0 Å². The van der Waals surface area contributed by atoms with Gasteiger partial charge in [0.25, 0.3) is 0 Å². The van der Waals surface area contributed by atoms with Crippen LogP contribution < -0.4 is 5.32 Å². The van der Waals surface area contributed by atoms with Gasteiger partial charge in [0.1, 0.15) is 5.75 Å². The third kappa shape index (κ3) is 4.19. The number of rotatable bonds is 5. The van der Waals surface area contributed by atoms with E-state index in [1.165, 1.54) is 18.2 Å². The second-order valence-corrected chi connectivity index (χ2v) is 5.93. The van der Waals surface area contributed by atoms with Crippen LogP contribution in [-0.2, 0) is 11.2 Å². The Balaban J connectivity index is 1.73. The molecule has 0 atom stereocenters. The molecule has 3 N–H and O–H groups in total. The van der Waals surface area contributed by atoms with Crippen molar-refractivity contribution >= 4 is 11.6 Å². The molecule has 0 aliphatic heterocycles. The van der Waals surface area contributed by atoms with Crippen LogP contribution in [-0.4, -0.2) is 16.1 Å². The number of amides is 1. The van der Waals surface area contributed by atoms with Crippen LogP contribution in [0.3, 0.4) is 0 Å². The molecular weight excluding hydrogens is 333 g/mol. The van der Waals surface area contributed by atoms with E-state index in [1.54, 1.807) is 18.2 Å². The summed E-state index contributed by atoms with van der Waals surface area (Å²) in [5.74, 6) is -1.45. The van der Waals surface area contributed by atoms with Crippen molar-refractivity contribution in [2.75, 3.05) is 5.32 Å². The van der Waals surface area contributed by atoms with Gasteiger partial charge in [-0.3, -0.25) is 4.79 Å². The Morgan fingerprint density at radius 1 is 0.885 bits per heavy atom. The van der Waals surface area contributed by atoms with Gasteiger partial charge >= 0.3 is 0 Å². The van der Waals surface area contributed by atoms with E-state index in [0.29, 0.717) is 17.5 Å². The largest absolute Gasteiger partial charge is 0.506 e. The Bertz CT molecular complexity index is 926. The van der Waals surface area contributed by atoms with Crippen LogP contribution in [0.15, 0.2) is 66.7 Å². The predicted octanol–water partition coefficient (Wildman–Crippen LogP) is 4.48. The number of aromatic hydroxyl groups is 2. The van der Waals surface area contributed by atoms with Crippen LogP contribution in [0, 0.1) is 5.82 Å². The fourth-order valence-corrected chi connectivity index (χ4v) is 2.62. The molecule has 26 heavy (non-hydrogen) atoms. The number of nitrogens with one attached hydrogen (secondary N) is 1. The summed E-state index contributed by atoms with van der Waals surface area (Å²) in [6.07, 6.45) is 0.873. The highest BCUT2D eigenvalue weighted by Crippen LogP contribution is 2.31. The van der Waals surface area contributed by atoms with Crippen LogP contribution in [0.1, 0.15) is 12.0 Å². The van der Waals surface area contributed by atoms with E-state index in [1.807, 2.05) is 30.3 Å². The van der Waals surface area contributed by atoms with E-state index in [9.17, 15) is 19.4 Å². The molecule has 0 radical (unpaired) electrons. The number of carbonyl (C=O) groups excluding carboxylic acids is 1. The molecule has 0 saturated heterocycles. The third-order valence-electron chi connectivity index (χ3n) is 4.04. The molecule has 0 heterocycles. The number of aryl methyl sites for hydroxylation is 1. The molecule has 0 bridgehead atoms. The third-order valence-corrected chi connectivity index (χ3v) is 4.04. The molecule has 0 spiro atoms. The van der Waals surface area contributed by atoms with Crippen molar-refractivity contribution in [1.82, 2.24) is 0 Å². The van der Waals surface area contributed by atoms with Gasteiger partial charge in [-0.05, 0) is 47.4 Å². The van der Waals surface area contributed by atoms with Crippen molar-refractivity contribution in [2.24, 2.45) is 0 Å². The number of anilines is 1. The van der Waals surface area contributed by atoms with Gasteiger partial charge in [0, 0.05) is 6.42 Å². The number of hydrogen-bond donors (Lipinski definition) is 3. The first kappa shape index (κ1) is 17.5. The zero-order valence-corrected chi connectivity index (χ0v) is 13.9. The average Bonchev–Trinajstić information content (AvgIpc) is 2.65. The van der Waals surface area contributed by atoms with Crippen LogP contribution in [0.5, 0.6) is 11.5 Å². The highest BCUT2D eigenvalue weighted by molar-refractivity contribution is 5.93. The van der Waals surface area contributed by atoms with Crippen molar-refractivity contribution < 1.29 is 19.4 Å². The summed E-state index contributed by atoms with van der Waals surface area (Å²) in [5, 5.41) is 22.0. The zero-order valence-electron chi connectivity index (χ0n) is 13.9. The maximum atomic E-state index is 13.5. The molecule has 3 rings (SSSR count). The first-order chi connectivity index (χ1) is 12.5. The second kappa shape index (κ2) is 7.70. The number of carbonyl (C=O) groups is 1. The second-order valence-electron chi connectivity index (χ2n) is 5.93. The van der Waals surface area contributed by atoms with E-state index in [-0.39, 0.29) is 23.8 Å². The number of halogens is 1. The Kier molecular flexibility index (Phi) is 5.17. The maximum Gasteiger partial charge on any atom is 0.224 e. The zero-order chi connectivity index (χ0) is 18.5. The predicted molar refractivity (Wildman–Crippen MR) is 98.6 cm³/mol. The fourth-order valence-electron chi connectivity index (χ4n) is 2.62. The molecule has 0 saturated carbocycles. The van der Waals surface area contributed by atoms with E-state index in [4.69, 9.17) is 0 Å². The molecule has 3 aromatic rings. The summed E-state index contributed by atoms with van der Waals surface area (Å²) < 4.78 is 13.5. The van der Waals surface area contributed by atoms with E-state index in [0.717, 1.165) is 5.56 Å². The maximum absolute atomic E-state index is 13.5. The summed E-state index contributed by atoms with van der Waals surface area (Å²) in [6.45, 7) is 0. The van der Waals surface area contributed by atoms with Crippen LogP contribution in [0.4, 0.5) is 10.1 Å². The standard InChI is InChI=1S/C21H18FNO3/c22-17-12-15(7-9-19(17)24)16-8-10-20(25)18(13-16)23-21(26)11-6-14-4-2-1-3-5-14/h1-5,7-10,12-13,24-25H,6,11H2,(H,23,26). The van der Waals surface area contributed by atoms with Crippen molar-refractivity contribution in [3.05, 3.63) is 78.1 Å². The molecule has 5 heteroatoms. The molecule has 1 amide bonds. The van der Waals surface area contributed by atoms with Crippen LogP contribution in [0.2, 0.25) is 0 Å². The molecule has 0 fully saturated rings. The van der Waals surface area contributed by atoms with Gasteiger partial charge < -0.3 is 15.5 Å². The molecular formula is C21H18FNO3. The Hall–Kier alpha value is -3.34. The lowest BCUT2D eigenvalue weighted by Crippen LogP contribution is -2.12. The number of phenols is 2. The summed E-state index contributed by atoms with van der Waals surface area (Å²) in [7, 11) is 0. The number of hydrogen-bond acceptors (Lipinski definition) is 3. The first-order valence-electron chi connectivity index (χ1n) is 8.18. The van der Waals surface area contributed by atoms with Crippen LogP contribution in [0.25, 0.3) is 11.1 Å². The van der Waals surface area contributed by atoms with Gasteiger partial charge in [0.2, 0.25) is 5.91 Å².